The Hall–Kier alpha value is -0.814. The fourth-order valence-corrected chi connectivity index (χ4v) is 7.34. The first-order valence-corrected chi connectivity index (χ1v) is 23.5. The van der Waals surface area contributed by atoms with Crippen molar-refractivity contribution in [1.82, 2.24) is 0 Å². The van der Waals surface area contributed by atoms with E-state index in [1.54, 1.807) is 0 Å². The van der Waals surface area contributed by atoms with Crippen molar-refractivity contribution in [3.05, 3.63) is 53.6 Å². The zero-order chi connectivity index (χ0) is 39.4. The molecule has 0 heterocycles. The van der Waals surface area contributed by atoms with Gasteiger partial charge in [0.25, 0.3) is 0 Å². The van der Waals surface area contributed by atoms with E-state index in [1.807, 2.05) is 0 Å². The van der Waals surface area contributed by atoms with E-state index in [4.69, 9.17) is 9.47 Å². The Morgan fingerprint density at radius 3 is 1.20 bits per heavy atom. The van der Waals surface area contributed by atoms with Crippen molar-refractivity contribution in [2.75, 3.05) is 13.2 Å². The van der Waals surface area contributed by atoms with Gasteiger partial charge in [-0.15, -0.1) is 0 Å². The van der Waals surface area contributed by atoms with E-state index in [1.165, 1.54) is 153 Å². The summed E-state index contributed by atoms with van der Waals surface area (Å²) in [5, 5.41) is 0. The van der Waals surface area contributed by atoms with Crippen molar-refractivity contribution in [2.45, 2.75) is 211 Å². The Labute approximate surface area is 380 Å². The van der Waals surface area contributed by atoms with Gasteiger partial charge in [0.2, 0.25) is 0 Å². The number of carbonyl (C=O) groups is 2. The summed E-state index contributed by atoms with van der Waals surface area (Å²) in [5.41, 5.74) is -0.781. The Kier molecular flexibility index (Phi) is 38.1. The number of carbonyl (C=O) groups excluding carboxylic acids is 2. The number of hydrogen-bond acceptors (Lipinski definition) is 7. The van der Waals surface area contributed by atoms with Crippen LogP contribution < -0.4 is 51.4 Å². The van der Waals surface area contributed by atoms with Gasteiger partial charge in [0.15, 0.2) is 0 Å². The first-order valence-electron chi connectivity index (χ1n) is 22.1. The van der Waals surface area contributed by atoms with Gasteiger partial charge < -0.3 is 14.0 Å². The predicted octanol–water partition coefficient (Wildman–Crippen LogP) is 10.8. The van der Waals surface area contributed by atoms with Gasteiger partial charge in [-0.25, -0.2) is 18.0 Å². The van der Waals surface area contributed by atoms with Crippen LogP contribution in [0.3, 0.4) is 0 Å². The predicted molar refractivity (Wildman–Crippen MR) is 223 cm³/mol. The first-order chi connectivity index (χ1) is 26.3. The summed E-state index contributed by atoms with van der Waals surface area (Å²) < 4.78 is 46.7. The average Bonchev–Trinajstić information content (AvgIpc) is 3.16. The number of allylic oxidation sites excluding steroid dienone is 4. The van der Waals surface area contributed by atoms with E-state index in [2.05, 4.69) is 38.2 Å². The van der Waals surface area contributed by atoms with Crippen LogP contribution in [0.25, 0.3) is 0 Å². The molecule has 0 fully saturated rings. The zero-order valence-corrected chi connectivity index (χ0v) is 39.4. The fraction of sp³-hybridized carbons (Fsp3) is 0.739. The summed E-state index contributed by atoms with van der Waals surface area (Å²) in [6, 6.07) is 3.62. The third kappa shape index (κ3) is 30.9. The third-order valence-corrected chi connectivity index (χ3v) is 10.9. The van der Waals surface area contributed by atoms with Crippen LogP contribution in [-0.2, 0) is 19.6 Å². The van der Waals surface area contributed by atoms with Crippen molar-refractivity contribution in [3.8, 4) is 0 Å². The average molecular weight is 813 g/mol. The van der Waals surface area contributed by atoms with Crippen LogP contribution in [0.2, 0.25) is 0 Å². The maximum absolute atomic E-state index is 13.0. The topological polar surface area (TPSA) is 110 Å². The summed E-state index contributed by atoms with van der Waals surface area (Å²) >= 11 is 0. The summed E-state index contributed by atoms with van der Waals surface area (Å²) in [4.78, 5) is 25.2. The number of ether oxygens (including phenoxy) is 2. The van der Waals surface area contributed by atoms with Gasteiger partial charge in [0.1, 0.15) is 10.1 Å². The van der Waals surface area contributed by atoms with Gasteiger partial charge in [0.05, 0.1) is 29.2 Å². The van der Waals surface area contributed by atoms with E-state index in [0.29, 0.717) is 12.8 Å². The zero-order valence-electron chi connectivity index (χ0n) is 35.4. The van der Waals surface area contributed by atoms with Crippen molar-refractivity contribution in [3.63, 3.8) is 0 Å². The number of benzene rings is 1. The molecule has 0 aliphatic heterocycles. The summed E-state index contributed by atoms with van der Waals surface area (Å²) in [7, 11) is -5.02. The Bertz CT molecular complexity index is 1240. The normalized spacial score (nSPS) is 11.7. The molecular formula is C46H77KO7S. The Morgan fingerprint density at radius 1 is 0.509 bits per heavy atom. The van der Waals surface area contributed by atoms with Crippen LogP contribution in [0, 0.1) is 0 Å². The SMILES string of the molecule is CCCCCC/C=C/CCCCCCCCCCCOC(=O)c1cccc(S(=O)(=O)[O-])c1C(=O)OCCCCCCCCCCC/C=C/CCCCCC.[K+]. The fourth-order valence-electron chi connectivity index (χ4n) is 6.65. The van der Waals surface area contributed by atoms with Crippen LogP contribution in [0.5, 0.6) is 0 Å². The molecule has 1 aromatic rings. The molecule has 0 radical (unpaired) electrons. The number of unbranched alkanes of at least 4 members (excludes halogenated alkanes) is 26. The van der Waals surface area contributed by atoms with Gasteiger partial charge in [0, 0.05) is 0 Å². The molecule has 0 spiro atoms. The maximum Gasteiger partial charge on any atom is 1.00 e. The molecule has 1 rings (SSSR count). The molecule has 0 saturated carbocycles. The third-order valence-electron chi connectivity index (χ3n) is 10.00. The second-order valence-electron chi connectivity index (χ2n) is 15.0. The van der Waals surface area contributed by atoms with Crippen LogP contribution in [0.4, 0.5) is 0 Å². The van der Waals surface area contributed by atoms with Crippen molar-refractivity contribution < 1.29 is 83.4 Å². The van der Waals surface area contributed by atoms with Gasteiger partial charge in [-0.3, -0.25) is 0 Å². The quantitative estimate of drug-likeness (QED) is 0.0216. The summed E-state index contributed by atoms with van der Waals surface area (Å²) in [6.07, 6.45) is 44.6. The molecule has 55 heavy (non-hydrogen) atoms. The molecular weight excluding hydrogens is 736 g/mol. The van der Waals surface area contributed by atoms with Gasteiger partial charge in [-0.05, 0) is 76.3 Å². The minimum atomic E-state index is -5.02. The second kappa shape index (κ2) is 38.7. The first kappa shape index (κ1) is 54.2. The van der Waals surface area contributed by atoms with Gasteiger partial charge >= 0.3 is 63.3 Å². The molecule has 7 nitrogen and oxygen atoms in total. The molecule has 9 heteroatoms. The van der Waals surface area contributed by atoms with E-state index in [9.17, 15) is 22.6 Å². The Balaban J connectivity index is 0.0000292. The van der Waals surface area contributed by atoms with Crippen LogP contribution in [0.15, 0.2) is 47.4 Å². The molecule has 0 N–H and O–H groups in total. The largest absolute Gasteiger partial charge is 1.00 e. The molecule has 0 atom stereocenters. The van der Waals surface area contributed by atoms with Crippen LogP contribution >= 0.6 is 0 Å². The van der Waals surface area contributed by atoms with Crippen molar-refractivity contribution >= 4 is 22.1 Å². The molecule has 0 aromatic heterocycles. The summed E-state index contributed by atoms with van der Waals surface area (Å²) in [5.74, 6) is -1.81. The molecule has 0 saturated heterocycles. The minimum Gasteiger partial charge on any atom is -0.744 e. The van der Waals surface area contributed by atoms with Crippen LogP contribution in [0.1, 0.15) is 227 Å². The van der Waals surface area contributed by atoms with Gasteiger partial charge in [-0.2, -0.15) is 0 Å². The molecule has 0 aliphatic rings. The Morgan fingerprint density at radius 2 is 0.836 bits per heavy atom. The molecule has 0 unspecified atom stereocenters. The number of rotatable bonds is 37. The van der Waals surface area contributed by atoms with E-state index in [-0.39, 0.29) is 70.2 Å². The molecule has 1 aromatic carbocycles. The van der Waals surface area contributed by atoms with Crippen molar-refractivity contribution in [1.29, 1.82) is 0 Å². The van der Waals surface area contributed by atoms with Crippen molar-refractivity contribution in [2.24, 2.45) is 0 Å². The molecule has 0 aliphatic carbocycles. The molecule has 0 bridgehead atoms. The number of hydrogen-bond donors (Lipinski definition) is 0. The summed E-state index contributed by atoms with van der Waals surface area (Å²) in [6.45, 7) is 4.73. The van der Waals surface area contributed by atoms with E-state index >= 15 is 0 Å². The van der Waals surface area contributed by atoms with E-state index < -0.39 is 32.5 Å². The van der Waals surface area contributed by atoms with E-state index in [0.717, 1.165) is 44.6 Å². The molecule has 0 amide bonds. The standard InChI is InChI=1S/C46H78O7S.K/c1-3-5-7-9-11-13-15-17-19-21-23-25-27-29-31-33-35-40-52-45(47)42-38-37-39-43(54(49,50)51)44(42)46(48)53-41-36-34-32-30-28-26-24-22-20-18-16-14-12-10-8-6-4-2;/h13-16,37-39H,3-12,17-36,40-41H2,1-2H3,(H,49,50,51);/q;+1/p-1/b15-13+,16-14+;. The van der Waals surface area contributed by atoms with Gasteiger partial charge in [-0.1, -0.05) is 173 Å². The monoisotopic (exact) mass is 813 g/mol. The minimum absolute atomic E-state index is 0. The molecule has 310 valence electrons. The number of esters is 2. The maximum atomic E-state index is 13.0. The smallest absolute Gasteiger partial charge is 0.744 e. The second-order valence-corrected chi connectivity index (χ2v) is 16.3. The van der Waals surface area contributed by atoms with Crippen LogP contribution in [-0.4, -0.2) is 38.1 Å².